The molecule has 1 unspecified atom stereocenters. The van der Waals surface area contributed by atoms with Gasteiger partial charge in [0.05, 0.1) is 19.3 Å². The van der Waals surface area contributed by atoms with Gasteiger partial charge < -0.3 is 14.7 Å². The van der Waals surface area contributed by atoms with E-state index in [1.165, 1.54) is 0 Å². The van der Waals surface area contributed by atoms with Crippen molar-refractivity contribution in [3.05, 3.63) is 28.5 Å². The van der Waals surface area contributed by atoms with E-state index in [0.717, 1.165) is 4.88 Å². The fourth-order valence-electron chi connectivity index (χ4n) is 1.67. The lowest BCUT2D eigenvalue weighted by atomic mass is 10.2. The molecule has 17 heavy (non-hydrogen) atoms. The van der Waals surface area contributed by atoms with Crippen LogP contribution in [0.15, 0.2) is 23.6 Å². The van der Waals surface area contributed by atoms with Crippen molar-refractivity contribution in [3.63, 3.8) is 0 Å². The van der Waals surface area contributed by atoms with Crippen LogP contribution in [-0.4, -0.2) is 48.3 Å². The first-order valence-corrected chi connectivity index (χ1v) is 6.40. The molecule has 1 amide bonds. The molecular weight excluding hydrogens is 238 g/mol. The van der Waals surface area contributed by atoms with Crippen LogP contribution in [0, 0.1) is 0 Å². The van der Waals surface area contributed by atoms with Crippen LogP contribution in [-0.2, 0) is 9.53 Å². The summed E-state index contributed by atoms with van der Waals surface area (Å²) in [7, 11) is 0. The zero-order valence-corrected chi connectivity index (χ0v) is 10.2. The number of hydrogen-bond donors (Lipinski definition) is 1. The maximum Gasteiger partial charge on any atom is 0.246 e. The highest BCUT2D eigenvalue weighted by Gasteiger charge is 2.21. The minimum absolute atomic E-state index is 0.0276. The van der Waals surface area contributed by atoms with E-state index < -0.39 is 0 Å². The Balaban J connectivity index is 1.91. The van der Waals surface area contributed by atoms with Crippen LogP contribution in [0.25, 0.3) is 6.08 Å². The molecule has 2 rings (SSSR count). The van der Waals surface area contributed by atoms with E-state index in [-0.39, 0.29) is 18.6 Å². The Morgan fingerprint density at radius 3 is 3.29 bits per heavy atom. The number of aliphatic hydroxyl groups is 1. The molecule has 5 heteroatoms. The molecule has 1 fully saturated rings. The number of ether oxygens (including phenoxy) is 1. The standard InChI is InChI=1S/C12H15NO3S/c14-9-10-8-13(5-6-16-10)12(15)4-3-11-2-1-7-17-11/h1-4,7,10,14H,5-6,8-9H2/b4-3+. The molecule has 0 bridgehead atoms. The van der Waals surface area contributed by atoms with Crippen molar-refractivity contribution in [2.75, 3.05) is 26.3 Å². The van der Waals surface area contributed by atoms with Crippen molar-refractivity contribution in [2.45, 2.75) is 6.10 Å². The number of amides is 1. The fourth-order valence-corrected chi connectivity index (χ4v) is 2.29. The molecule has 1 aliphatic rings. The lowest BCUT2D eigenvalue weighted by Gasteiger charge is -2.31. The molecule has 0 aliphatic carbocycles. The summed E-state index contributed by atoms with van der Waals surface area (Å²) in [5.41, 5.74) is 0. The van der Waals surface area contributed by atoms with Crippen molar-refractivity contribution in [1.29, 1.82) is 0 Å². The van der Waals surface area contributed by atoms with Crippen molar-refractivity contribution >= 4 is 23.3 Å². The molecule has 1 aliphatic heterocycles. The molecule has 1 atom stereocenters. The minimum Gasteiger partial charge on any atom is -0.394 e. The van der Waals surface area contributed by atoms with Crippen LogP contribution in [0.4, 0.5) is 0 Å². The van der Waals surface area contributed by atoms with E-state index in [1.807, 2.05) is 23.6 Å². The Labute approximate surface area is 104 Å². The van der Waals surface area contributed by atoms with Gasteiger partial charge in [-0.15, -0.1) is 11.3 Å². The SMILES string of the molecule is O=C(/C=C/c1cccs1)N1CCOC(CO)C1. The Morgan fingerprint density at radius 2 is 2.59 bits per heavy atom. The van der Waals surface area contributed by atoms with Gasteiger partial charge in [-0.2, -0.15) is 0 Å². The summed E-state index contributed by atoms with van der Waals surface area (Å²) < 4.78 is 5.29. The van der Waals surface area contributed by atoms with Gasteiger partial charge >= 0.3 is 0 Å². The molecular formula is C12H15NO3S. The molecule has 92 valence electrons. The van der Waals surface area contributed by atoms with Crippen molar-refractivity contribution in [1.82, 2.24) is 4.90 Å². The fraction of sp³-hybridized carbons (Fsp3) is 0.417. The quantitative estimate of drug-likeness (QED) is 0.817. The normalized spacial score (nSPS) is 21.0. The highest BCUT2D eigenvalue weighted by atomic mass is 32.1. The van der Waals surface area contributed by atoms with Gasteiger partial charge in [0.25, 0.3) is 0 Å². The summed E-state index contributed by atoms with van der Waals surface area (Å²) in [6.07, 6.45) is 3.14. The van der Waals surface area contributed by atoms with Crippen LogP contribution in [0.1, 0.15) is 4.88 Å². The minimum atomic E-state index is -0.247. The Morgan fingerprint density at radius 1 is 1.71 bits per heavy atom. The first kappa shape index (κ1) is 12.3. The monoisotopic (exact) mass is 253 g/mol. The third-order valence-electron chi connectivity index (χ3n) is 2.59. The smallest absolute Gasteiger partial charge is 0.246 e. The Hall–Kier alpha value is -1.17. The third kappa shape index (κ3) is 3.39. The van der Waals surface area contributed by atoms with Gasteiger partial charge in [0.1, 0.15) is 0 Å². The van der Waals surface area contributed by atoms with Gasteiger partial charge in [0.2, 0.25) is 5.91 Å². The molecule has 4 nitrogen and oxygen atoms in total. The average Bonchev–Trinajstić information content (AvgIpc) is 2.89. The molecule has 1 aromatic rings. The summed E-state index contributed by atoms with van der Waals surface area (Å²) >= 11 is 1.59. The van der Waals surface area contributed by atoms with Gasteiger partial charge in [-0.25, -0.2) is 0 Å². The van der Waals surface area contributed by atoms with Crippen molar-refractivity contribution in [3.8, 4) is 0 Å². The first-order chi connectivity index (χ1) is 8.29. The van der Waals surface area contributed by atoms with Crippen LogP contribution >= 0.6 is 11.3 Å². The highest BCUT2D eigenvalue weighted by Crippen LogP contribution is 2.11. The van der Waals surface area contributed by atoms with Crippen LogP contribution in [0.3, 0.4) is 0 Å². The topological polar surface area (TPSA) is 49.8 Å². The maximum absolute atomic E-state index is 11.9. The lowest BCUT2D eigenvalue weighted by molar-refractivity contribution is -0.134. The van der Waals surface area contributed by atoms with E-state index in [4.69, 9.17) is 9.84 Å². The van der Waals surface area contributed by atoms with Crippen LogP contribution in [0.2, 0.25) is 0 Å². The zero-order chi connectivity index (χ0) is 12.1. The second-order valence-electron chi connectivity index (χ2n) is 3.81. The number of morpholine rings is 1. The van der Waals surface area contributed by atoms with Crippen molar-refractivity contribution in [2.24, 2.45) is 0 Å². The first-order valence-electron chi connectivity index (χ1n) is 5.52. The number of aliphatic hydroxyl groups excluding tert-OH is 1. The van der Waals surface area contributed by atoms with Gasteiger partial charge in [0, 0.05) is 24.0 Å². The van der Waals surface area contributed by atoms with E-state index in [2.05, 4.69) is 0 Å². The summed E-state index contributed by atoms with van der Waals surface area (Å²) in [6, 6.07) is 3.91. The Kier molecular flexibility index (Phi) is 4.30. The summed E-state index contributed by atoms with van der Waals surface area (Å²) in [6.45, 7) is 1.50. The molecule has 1 saturated heterocycles. The molecule has 0 saturated carbocycles. The number of hydrogen-bond acceptors (Lipinski definition) is 4. The summed E-state index contributed by atoms with van der Waals surface area (Å²) in [5.74, 6) is -0.0276. The number of nitrogens with zero attached hydrogens (tertiary/aromatic N) is 1. The van der Waals surface area contributed by atoms with Crippen molar-refractivity contribution < 1.29 is 14.6 Å². The van der Waals surface area contributed by atoms with E-state index in [1.54, 1.807) is 22.3 Å². The molecule has 1 aromatic heterocycles. The van der Waals surface area contributed by atoms with Crippen LogP contribution in [0.5, 0.6) is 0 Å². The summed E-state index contributed by atoms with van der Waals surface area (Å²) in [5, 5.41) is 11.0. The molecule has 0 spiro atoms. The van der Waals surface area contributed by atoms with Crippen LogP contribution < -0.4 is 0 Å². The number of thiophene rings is 1. The summed E-state index contributed by atoms with van der Waals surface area (Å²) in [4.78, 5) is 14.6. The highest BCUT2D eigenvalue weighted by molar-refractivity contribution is 7.10. The zero-order valence-electron chi connectivity index (χ0n) is 9.41. The van der Waals surface area contributed by atoms with E-state index >= 15 is 0 Å². The number of carbonyl (C=O) groups is 1. The number of carbonyl (C=O) groups excluding carboxylic acids is 1. The third-order valence-corrected chi connectivity index (χ3v) is 3.42. The van der Waals surface area contributed by atoms with E-state index in [9.17, 15) is 4.79 Å². The molecule has 0 aromatic carbocycles. The molecule has 1 N–H and O–H groups in total. The number of rotatable bonds is 3. The molecule has 0 radical (unpaired) electrons. The second kappa shape index (κ2) is 5.95. The van der Waals surface area contributed by atoms with Gasteiger partial charge in [-0.3, -0.25) is 4.79 Å². The predicted molar refractivity (Wildman–Crippen MR) is 66.8 cm³/mol. The lowest BCUT2D eigenvalue weighted by Crippen LogP contribution is -2.46. The largest absolute Gasteiger partial charge is 0.394 e. The molecule has 2 heterocycles. The average molecular weight is 253 g/mol. The second-order valence-corrected chi connectivity index (χ2v) is 4.79. The maximum atomic E-state index is 11.9. The van der Waals surface area contributed by atoms with E-state index in [0.29, 0.717) is 19.7 Å². The Bertz CT molecular complexity index is 388. The van der Waals surface area contributed by atoms with Gasteiger partial charge in [0.15, 0.2) is 0 Å². The van der Waals surface area contributed by atoms with Gasteiger partial charge in [-0.05, 0) is 17.5 Å². The predicted octanol–water partition coefficient (Wildman–Crippen LogP) is 0.981. The van der Waals surface area contributed by atoms with Gasteiger partial charge in [-0.1, -0.05) is 6.07 Å².